The number of hydrogen-bond acceptors (Lipinski definition) is 7. The molecule has 0 radical (unpaired) electrons. The van der Waals surface area contributed by atoms with Gasteiger partial charge >= 0.3 is 6.09 Å². The standard InChI is InChI=1S/C27H37N3O5S/c1-16-10-17-11-18-14-27(12-16,13-17)22(18)28-23(31)20-21(36-19-6-4-5-7-19)24(29-35-20)34-15-26(2,3)30-8-9-33-25(30)32/h17-19,22H,1,4-15H2,2-3H3,(H,28,31)/t17?,18?,22-,27?/m1/s1. The minimum atomic E-state index is -0.577. The number of ether oxygens (including phenoxy) is 2. The second-order valence-corrected chi connectivity index (χ2v) is 13.6. The maximum absolute atomic E-state index is 13.6. The van der Waals surface area contributed by atoms with Crippen molar-refractivity contribution < 1.29 is 23.6 Å². The summed E-state index contributed by atoms with van der Waals surface area (Å²) in [7, 11) is 0. The van der Waals surface area contributed by atoms with Crippen LogP contribution in [-0.4, -0.2) is 58.6 Å². The van der Waals surface area contributed by atoms with Crippen LogP contribution in [0.1, 0.15) is 82.2 Å². The van der Waals surface area contributed by atoms with Crippen LogP contribution in [0.5, 0.6) is 5.88 Å². The fourth-order valence-corrected chi connectivity index (χ4v) is 8.87. The normalized spacial score (nSPS) is 31.8. The Labute approximate surface area is 216 Å². The van der Waals surface area contributed by atoms with Gasteiger partial charge in [-0.1, -0.05) is 25.0 Å². The molecule has 9 heteroatoms. The highest BCUT2D eigenvalue weighted by Crippen LogP contribution is 2.64. The van der Waals surface area contributed by atoms with Crippen molar-refractivity contribution in [2.75, 3.05) is 19.8 Å². The molecule has 7 rings (SSSR count). The van der Waals surface area contributed by atoms with E-state index in [1.165, 1.54) is 37.7 Å². The van der Waals surface area contributed by atoms with Crippen LogP contribution in [0, 0.1) is 17.3 Å². The molecule has 4 atom stereocenters. The third-order valence-electron chi connectivity index (χ3n) is 9.06. The van der Waals surface area contributed by atoms with E-state index in [4.69, 9.17) is 14.0 Å². The van der Waals surface area contributed by atoms with Crippen molar-refractivity contribution in [1.82, 2.24) is 15.4 Å². The Morgan fingerprint density at radius 3 is 2.89 bits per heavy atom. The lowest BCUT2D eigenvalue weighted by atomic mass is 9.43. The van der Waals surface area contributed by atoms with Gasteiger partial charge in [0.2, 0.25) is 5.76 Å². The molecular formula is C27H37N3O5S. The van der Waals surface area contributed by atoms with Gasteiger partial charge in [-0.25, -0.2) is 4.79 Å². The SMILES string of the molecule is C=C1CC2CC3CC(C1)(C2)[C@@H]3NC(=O)c1onc(OCC(C)(C)N2CCOC2=O)c1SC1CCCC1. The number of cyclic esters (lactones) is 1. The minimum absolute atomic E-state index is 0.172. The number of allylic oxidation sites excluding steroid dienone is 1. The second kappa shape index (κ2) is 8.99. The molecule has 36 heavy (non-hydrogen) atoms. The van der Waals surface area contributed by atoms with E-state index >= 15 is 0 Å². The summed E-state index contributed by atoms with van der Waals surface area (Å²) in [6, 6.07) is 0.178. The molecule has 2 heterocycles. The fraction of sp³-hybridized carbons (Fsp3) is 0.741. The summed E-state index contributed by atoms with van der Waals surface area (Å²) >= 11 is 1.65. The maximum Gasteiger partial charge on any atom is 0.410 e. The highest BCUT2D eigenvalue weighted by molar-refractivity contribution is 8.00. The molecule has 196 valence electrons. The molecule has 1 aliphatic heterocycles. The predicted octanol–water partition coefficient (Wildman–Crippen LogP) is 5.18. The molecule has 5 saturated carbocycles. The third kappa shape index (κ3) is 4.21. The molecule has 1 aromatic heterocycles. The van der Waals surface area contributed by atoms with Crippen LogP contribution in [0.15, 0.2) is 21.6 Å². The average Bonchev–Trinajstić information content (AvgIpc) is 3.57. The van der Waals surface area contributed by atoms with Crippen LogP contribution in [0.3, 0.4) is 0 Å². The molecule has 8 nitrogen and oxygen atoms in total. The number of rotatable bonds is 8. The Kier molecular flexibility index (Phi) is 6.04. The fourth-order valence-electron chi connectivity index (χ4n) is 7.53. The molecular weight excluding hydrogens is 478 g/mol. The Morgan fingerprint density at radius 2 is 2.14 bits per heavy atom. The molecule has 5 aliphatic carbocycles. The highest BCUT2D eigenvalue weighted by atomic mass is 32.2. The number of carbonyl (C=O) groups is 2. The molecule has 6 fully saturated rings. The number of nitrogens with zero attached hydrogens (tertiary/aromatic N) is 2. The summed E-state index contributed by atoms with van der Waals surface area (Å²) in [5.41, 5.74) is 0.929. The van der Waals surface area contributed by atoms with Gasteiger partial charge in [0.1, 0.15) is 18.1 Å². The largest absolute Gasteiger partial charge is 0.472 e. The van der Waals surface area contributed by atoms with Crippen molar-refractivity contribution >= 4 is 23.8 Å². The molecule has 3 bridgehead atoms. The summed E-state index contributed by atoms with van der Waals surface area (Å²) < 4.78 is 16.9. The highest BCUT2D eigenvalue weighted by Gasteiger charge is 2.60. The number of thioether (sulfide) groups is 1. The Balaban J connectivity index is 1.19. The maximum atomic E-state index is 13.6. The molecule has 3 unspecified atom stereocenters. The first-order valence-electron chi connectivity index (χ1n) is 13.5. The van der Waals surface area contributed by atoms with Crippen LogP contribution in [0.25, 0.3) is 0 Å². The van der Waals surface area contributed by atoms with E-state index in [0.717, 1.165) is 31.6 Å². The molecule has 1 aromatic rings. The van der Waals surface area contributed by atoms with Gasteiger partial charge in [-0.2, -0.15) is 0 Å². The van der Waals surface area contributed by atoms with Crippen LogP contribution >= 0.6 is 11.8 Å². The second-order valence-electron chi connectivity index (χ2n) is 12.3. The first kappa shape index (κ1) is 24.2. The van der Waals surface area contributed by atoms with Gasteiger partial charge in [0, 0.05) is 11.3 Å². The summed E-state index contributed by atoms with van der Waals surface area (Å²) in [6.07, 6.45) is 10.0. The number of hydrogen-bond donors (Lipinski definition) is 1. The third-order valence-corrected chi connectivity index (χ3v) is 10.5. The topological polar surface area (TPSA) is 93.9 Å². The van der Waals surface area contributed by atoms with Gasteiger partial charge in [-0.05, 0) is 81.2 Å². The number of nitrogens with one attached hydrogen (secondary N) is 1. The van der Waals surface area contributed by atoms with E-state index in [2.05, 4.69) is 17.1 Å². The summed E-state index contributed by atoms with van der Waals surface area (Å²) in [4.78, 5) is 28.0. The molecule has 1 saturated heterocycles. The van der Waals surface area contributed by atoms with Crippen LogP contribution in [-0.2, 0) is 4.74 Å². The minimum Gasteiger partial charge on any atom is -0.472 e. The van der Waals surface area contributed by atoms with E-state index in [1.807, 2.05) is 13.8 Å². The van der Waals surface area contributed by atoms with Crippen molar-refractivity contribution in [1.29, 1.82) is 0 Å². The number of amides is 2. The van der Waals surface area contributed by atoms with Gasteiger partial charge in [0.25, 0.3) is 11.8 Å². The first-order valence-corrected chi connectivity index (χ1v) is 14.3. The van der Waals surface area contributed by atoms with Crippen molar-refractivity contribution in [3.8, 4) is 5.88 Å². The lowest BCUT2D eigenvalue weighted by Crippen LogP contribution is -2.66. The van der Waals surface area contributed by atoms with Crippen molar-refractivity contribution in [3.05, 3.63) is 17.9 Å². The quantitative estimate of drug-likeness (QED) is 0.477. The zero-order valence-electron chi connectivity index (χ0n) is 21.3. The van der Waals surface area contributed by atoms with E-state index in [-0.39, 0.29) is 35.8 Å². The predicted molar refractivity (Wildman–Crippen MR) is 135 cm³/mol. The van der Waals surface area contributed by atoms with E-state index in [9.17, 15) is 9.59 Å². The van der Waals surface area contributed by atoms with Gasteiger partial charge < -0.3 is 19.3 Å². The summed E-state index contributed by atoms with van der Waals surface area (Å²) in [5.74, 6) is 1.69. The lowest BCUT2D eigenvalue weighted by molar-refractivity contribution is -0.0929. The Hall–Kier alpha value is -2.16. The van der Waals surface area contributed by atoms with Crippen molar-refractivity contribution in [2.45, 2.75) is 93.4 Å². The van der Waals surface area contributed by atoms with Crippen LogP contribution < -0.4 is 10.1 Å². The van der Waals surface area contributed by atoms with Gasteiger partial charge in [0.05, 0.1) is 12.1 Å². The van der Waals surface area contributed by atoms with E-state index < -0.39 is 5.54 Å². The van der Waals surface area contributed by atoms with E-state index in [1.54, 1.807) is 16.7 Å². The van der Waals surface area contributed by atoms with Gasteiger partial charge in [0.15, 0.2) is 0 Å². The van der Waals surface area contributed by atoms with Crippen LogP contribution in [0.2, 0.25) is 0 Å². The van der Waals surface area contributed by atoms with Crippen LogP contribution in [0.4, 0.5) is 4.79 Å². The van der Waals surface area contributed by atoms with Gasteiger partial charge in [-0.3, -0.25) is 9.69 Å². The average molecular weight is 516 g/mol. The first-order chi connectivity index (χ1) is 17.2. The summed E-state index contributed by atoms with van der Waals surface area (Å²) in [6.45, 7) is 9.32. The number of carbonyl (C=O) groups excluding carboxylic acids is 2. The molecule has 0 aromatic carbocycles. The lowest BCUT2D eigenvalue weighted by Gasteiger charge is -2.64. The molecule has 1 spiro atoms. The Morgan fingerprint density at radius 1 is 1.33 bits per heavy atom. The Bertz CT molecular complexity index is 1060. The zero-order chi connectivity index (χ0) is 25.1. The monoisotopic (exact) mass is 515 g/mol. The summed E-state index contributed by atoms with van der Waals surface area (Å²) in [5, 5.41) is 7.97. The molecule has 2 amide bonds. The van der Waals surface area contributed by atoms with Crippen molar-refractivity contribution in [2.24, 2.45) is 17.3 Å². The number of aromatic nitrogens is 1. The van der Waals surface area contributed by atoms with Crippen molar-refractivity contribution in [3.63, 3.8) is 0 Å². The van der Waals surface area contributed by atoms with Gasteiger partial charge in [-0.15, -0.1) is 11.8 Å². The smallest absolute Gasteiger partial charge is 0.410 e. The molecule has 6 aliphatic rings. The zero-order valence-corrected chi connectivity index (χ0v) is 22.2. The van der Waals surface area contributed by atoms with E-state index in [0.29, 0.717) is 35.1 Å². The molecule has 1 N–H and O–H groups in total.